The number of aromatic nitrogens is 2. The minimum Gasteiger partial charge on any atom is -0.491 e. The molecule has 1 aromatic heterocycles. The van der Waals surface area contributed by atoms with Gasteiger partial charge in [0.2, 0.25) is 3.83 Å². The van der Waals surface area contributed by atoms with Crippen LogP contribution in [0.3, 0.4) is 0 Å². The minimum atomic E-state index is 0.185. The molecule has 0 atom stereocenters. The fourth-order valence-corrected chi connectivity index (χ4v) is 2.56. The van der Waals surface area contributed by atoms with Gasteiger partial charge >= 0.3 is 0 Å². The van der Waals surface area contributed by atoms with E-state index in [4.69, 9.17) is 4.74 Å². The zero-order valence-corrected chi connectivity index (χ0v) is 11.9. The van der Waals surface area contributed by atoms with Crippen LogP contribution in [0.2, 0.25) is 0 Å². The smallest absolute Gasteiger partial charge is 0.203 e. The molecular formula is C11H11IN2OS. The normalized spacial score (nSPS) is 10.8. The van der Waals surface area contributed by atoms with Crippen molar-refractivity contribution in [2.24, 2.45) is 0 Å². The number of halogens is 1. The van der Waals surface area contributed by atoms with E-state index in [2.05, 4.69) is 31.9 Å². The number of nitrogens with zero attached hydrogens (tertiary/aromatic N) is 2. The largest absolute Gasteiger partial charge is 0.491 e. The molecule has 3 nitrogen and oxygen atoms in total. The third-order valence-corrected chi connectivity index (χ3v) is 3.43. The van der Waals surface area contributed by atoms with Gasteiger partial charge in [0, 0.05) is 28.2 Å². The summed E-state index contributed by atoms with van der Waals surface area (Å²) in [5.41, 5.74) is 1.05. The molecule has 0 N–H and O–H groups in total. The second kappa shape index (κ2) is 5.09. The third-order valence-electron chi connectivity index (χ3n) is 1.85. The van der Waals surface area contributed by atoms with E-state index < -0.39 is 0 Å². The number of rotatable bonds is 3. The van der Waals surface area contributed by atoms with E-state index in [0.717, 1.165) is 20.2 Å². The predicted molar refractivity (Wildman–Crippen MR) is 73.8 cm³/mol. The van der Waals surface area contributed by atoms with Crippen molar-refractivity contribution < 1.29 is 4.74 Å². The van der Waals surface area contributed by atoms with E-state index in [0.29, 0.717) is 0 Å². The Labute approximate surface area is 112 Å². The van der Waals surface area contributed by atoms with Crippen molar-refractivity contribution in [1.82, 2.24) is 9.36 Å². The maximum atomic E-state index is 5.64. The summed E-state index contributed by atoms with van der Waals surface area (Å²) in [6.45, 7) is 4.03. The van der Waals surface area contributed by atoms with Crippen molar-refractivity contribution in [3.05, 3.63) is 28.1 Å². The summed E-state index contributed by atoms with van der Waals surface area (Å²) in [4.78, 5) is 4.34. The first kappa shape index (κ1) is 11.8. The van der Waals surface area contributed by atoms with E-state index in [9.17, 15) is 0 Å². The molecule has 1 heterocycles. The first-order valence-corrected chi connectivity index (χ1v) is 6.76. The van der Waals surface area contributed by atoms with Crippen LogP contribution in [0.25, 0.3) is 10.6 Å². The maximum absolute atomic E-state index is 5.64. The summed E-state index contributed by atoms with van der Waals surface area (Å²) in [5, 5.41) is 0.929. The summed E-state index contributed by atoms with van der Waals surface area (Å²) >= 11 is 3.52. The van der Waals surface area contributed by atoms with Crippen LogP contribution in [0.5, 0.6) is 5.75 Å². The Morgan fingerprint density at radius 1 is 1.38 bits per heavy atom. The monoisotopic (exact) mass is 346 g/mol. The Morgan fingerprint density at radius 3 is 2.81 bits per heavy atom. The van der Waals surface area contributed by atoms with Crippen LogP contribution in [0.1, 0.15) is 13.8 Å². The van der Waals surface area contributed by atoms with Crippen molar-refractivity contribution in [3.63, 3.8) is 0 Å². The molecule has 0 aliphatic rings. The molecule has 2 rings (SSSR count). The highest BCUT2D eigenvalue weighted by atomic mass is 127. The highest BCUT2D eigenvalue weighted by Crippen LogP contribution is 2.26. The molecule has 0 spiro atoms. The van der Waals surface area contributed by atoms with Gasteiger partial charge in [-0.3, -0.25) is 0 Å². The Hall–Kier alpha value is -0.690. The van der Waals surface area contributed by atoms with Crippen molar-refractivity contribution in [2.75, 3.05) is 0 Å². The molecule has 1 aromatic carbocycles. The van der Waals surface area contributed by atoms with Gasteiger partial charge in [-0.25, -0.2) is 4.98 Å². The molecule has 0 radical (unpaired) electrons. The molecular weight excluding hydrogens is 335 g/mol. The zero-order chi connectivity index (χ0) is 11.5. The van der Waals surface area contributed by atoms with Crippen molar-refractivity contribution in [3.8, 4) is 16.3 Å². The first-order valence-electron chi connectivity index (χ1n) is 4.91. The fraction of sp³-hybridized carbons (Fsp3) is 0.273. The Balaban J connectivity index is 2.28. The van der Waals surface area contributed by atoms with E-state index in [1.165, 1.54) is 11.5 Å². The van der Waals surface area contributed by atoms with Gasteiger partial charge in [-0.05, 0) is 37.5 Å². The van der Waals surface area contributed by atoms with Crippen LogP contribution in [0, 0.1) is 3.83 Å². The number of hydrogen-bond acceptors (Lipinski definition) is 4. The average molecular weight is 346 g/mol. The third kappa shape index (κ3) is 2.91. The van der Waals surface area contributed by atoms with Crippen LogP contribution in [-0.4, -0.2) is 15.5 Å². The lowest BCUT2D eigenvalue weighted by Crippen LogP contribution is -2.05. The molecule has 16 heavy (non-hydrogen) atoms. The van der Waals surface area contributed by atoms with Crippen LogP contribution in [-0.2, 0) is 0 Å². The Bertz CT molecular complexity index is 484. The molecule has 0 fully saturated rings. The standard InChI is InChI=1S/C11H11IN2OS/c1-7(2)15-9-5-3-4-8(6-9)10-13-11(12)14-16-10/h3-7H,1-2H3. The van der Waals surface area contributed by atoms with Gasteiger partial charge in [0.15, 0.2) is 0 Å². The molecule has 0 amide bonds. The van der Waals surface area contributed by atoms with Gasteiger partial charge in [0.1, 0.15) is 10.8 Å². The fourth-order valence-electron chi connectivity index (χ4n) is 1.30. The Kier molecular flexibility index (Phi) is 3.75. The van der Waals surface area contributed by atoms with Gasteiger partial charge in [-0.1, -0.05) is 12.1 Å². The zero-order valence-electron chi connectivity index (χ0n) is 8.98. The second-order valence-electron chi connectivity index (χ2n) is 3.56. The van der Waals surface area contributed by atoms with E-state index >= 15 is 0 Å². The Morgan fingerprint density at radius 2 is 2.19 bits per heavy atom. The summed E-state index contributed by atoms with van der Waals surface area (Å²) in [6, 6.07) is 7.94. The molecule has 0 bridgehead atoms. The molecule has 0 saturated heterocycles. The summed E-state index contributed by atoms with van der Waals surface area (Å²) in [5.74, 6) is 0.873. The van der Waals surface area contributed by atoms with Crippen LogP contribution in [0.15, 0.2) is 24.3 Å². The lowest BCUT2D eigenvalue weighted by molar-refractivity contribution is 0.242. The van der Waals surface area contributed by atoms with Crippen LogP contribution in [0.4, 0.5) is 0 Å². The van der Waals surface area contributed by atoms with E-state index in [1.807, 2.05) is 38.1 Å². The minimum absolute atomic E-state index is 0.185. The van der Waals surface area contributed by atoms with Gasteiger partial charge in [-0.2, -0.15) is 4.37 Å². The van der Waals surface area contributed by atoms with Crippen LogP contribution >= 0.6 is 34.1 Å². The molecule has 84 valence electrons. The molecule has 5 heteroatoms. The quantitative estimate of drug-likeness (QED) is 0.797. The molecule has 0 saturated carbocycles. The summed E-state index contributed by atoms with van der Waals surface area (Å²) in [7, 11) is 0. The van der Waals surface area contributed by atoms with Gasteiger partial charge in [0.05, 0.1) is 6.10 Å². The predicted octanol–water partition coefficient (Wildman–Crippen LogP) is 3.60. The summed E-state index contributed by atoms with van der Waals surface area (Å²) in [6.07, 6.45) is 0.185. The van der Waals surface area contributed by atoms with E-state index in [1.54, 1.807) is 0 Å². The van der Waals surface area contributed by atoms with E-state index in [-0.39, 0.29) is 6.10 Å². The first-order chi connectivity index (χ1) is 7.65. The summed E-state index contributed by atoms with van der Waals surface area (Å²) < 4.78 is 10.6. The highest BCUT2D eigenvalue weighted by molar-refractivity contribution is 14.1. The highest BCUT2D eigenvalue weighted by Gasteiger charge is 2.06. The SMILES string of the molecule is CC(C)Oc1cccc(-c2nc(I)ns2)c1. The average Bonchev–Trinajstić information content (AvgIpc) is 2.64. The number of ether oxygens (including phenoxy) is 1. The van der Waals surface area contributed by atoms with Gasteiger partial charge in [0.25, 0.3) is 0 Å². The molecule has 0 aliphatic carbocycles. The molecule has 0 unspecified atom stereocenters. The second-order valence-corrected chi connectivity index (χ2v) is 5.28. The van der Waals surface area contributed by atoms with Gasteiger partial charge in [-0.15, -0.1) is 0 Å². The molecule has 0 aliphatic heterocycles. The lowest BCUT2D eigenvalue weighted by Gasteiger charge is -2.09. The van der Waals surface area contributed by atoms with Crippen molar-refractivity contribution in [2.45, 2.75) is 20.0 Å². The molecule has 2 aromatic rings. The topological polar surface area (TPSA) is 35.0 Å². The van der Waals surface area contributed by atoms with Crippen molar-refractivity contribution in [1.29, 1.82) is 0 Å². The lowest BCUT2D eigenvalue weighted by atomic mass is 10.2. The number of benzene rings is 1. The number of hydrogen-bond donors (Lipinski definition) is 0. The van der Waals surface area contributed by atoms with Crippen LogP contribution < -0.4 is 4.74 Å². The van der Waals surface area contributed by atoms with Gasteiger partial charge < -0.3 is 4.74 Å². The van der Waals surface area contributed by atoms with Crippen molar-refractivity contribution >= 4 is 34.1 Å². The maximum Gasteiger partial charge on any atom is 0.203 e.